The Bertz CT molecular complexity index is 583. The van der Waals surface area contributed by atoms with Crippen molar-refractivity contribution in [2.75, 3.05) is 20.6 Å². The first-order valence-electron chi connectivity index (χ1n) is 7.15. The molecule has 0 radical (unpaired) electrons. The first-order chi connectivity index (χ1) is 9.65. The standard InChI is InChI=1S/C16H24N4/c1-4-12(7-8-20(2)3)15-10-18-16-6-5-13(19-11-17)9-14(15)16/h5-6,9-12,18H,4,7-8H2,1-3H3,(H2,17,19). The zero-order valence-corrected chi connectivity index (χ0v) is 12.6. The van der Waals surface area contributed by atoms with Crippen LogP contribution in [0.3, 0.4) is 0 Å². The van der Waals surface area contributed by atoms with Crippen molar-refractivity contribution < 1.29 is 0 Å². The number of fused-ring (bicyclic) bond motifs is 1. The van der Waals surface area contributed by atoms with Gasteiger partial charge in [0.15, 0.2) is 0 Å². The summed E-state index contributed by atoms with van der Waals surface area (Å²) in [5.41, 5.74) is 8.84. The highest BCUT2D eigenvalue weighted by atomic mass is 15.0. The van der Waals surface area contributed by atoms with E-state index in [2.05, 4.69) is 54.2 Å². The highest BCUT2D eigenvalue weighted by Crippen LogP contribution is 2.32. The van der Waals surface area contributed by atoms with Gasteiger partial charge in [0, 0.05) is 17.1 Å². The van der Waals surface area contributed by atoms with E-state index in [0.717, 1.165) is 18.7 Å². The highest BCUT2D eigenvalue weighted by Gasteiger charge is 2.14. The summed E-state index contributed by atoms with van der Waals surface area (Å²) in [4.78, 5) is 9.77. The van der Waals surface area contributed by atoms with Gasteiger partial charge in [-0.15, -0.1) is 0 Å². The van der Waals surface area contributed by atoms with Gasteiger partial charge in [0.2, 0.25) is 0 Å². The molecule has 1 aromatic heterocycles. The molecule has 0 aliphatic rings. The highest BCUT2D eigenvalue weighted by molar-refractivity contribution is 5.87. The number of hydrogen-bond donors (Lipinski definition) is 2. The molecule has 2 aromatic rings. The number of H-pyrrole nitrogens is 1. The van der Waals surface area contributed by atoms with E-state index in [1.807, 2.05) is 6.07 Å². The van der Waals surface area contributed by atoms with E-state index in [0.29, 0.717) is 5.92 Å². The second-order valence-electron chi connectivity index (χ2n) is 5.45. The van der Waals surface area contributed by atoms with Gasteiger partial charge in [-0.25, -0.2) is 4.99 Å². The van der Waals surface area contributed by atoms with Gasteiger partial charge in [-0.3, -0.25) is 0 Å². The summed E-state index contributed by atoms with van der Waals surface area (Å²) in [5, 5.41) is 1.26. The Balaban J connectivity index is 2.34. The van der Waals surface area contributed by atoms with Crippen LogP contribution in [0.5, 0.6) is 0 Å². The number of nitrogens with zero attached hydrogens (tertiary/aromatic N) is 2. The van der Waals surface area contributed by atoms with Crippen LogP contribution >= 0.6 is 0 Å². The van der Waals surface area contributed by atoms with E-state index in [-0.39, 0.29) is 0 Å². The van der Waals surface area contributed by atoms with Crippen LogP contribution in [0.1, 0.15) is 31.2 Å². The van der Waals surface area contributed by atoms with Crippen molar-refractivity contribution in [3.05, 3.63) is 30.0 Å². The molecular weight excluding hydrogens is 248 g/mol. The lowest BCUT2D eigenvalue weighted by Gasteiger charge is -2.17. The molecule has 1 aromatic carbocycles. The third-order valence-electron chi connectivity index (χ3n) is 3.78. The zero-order chi connectivity index (χ0) is 14.5. The topological polar surface area (TPSA) is 57.4 Å². The number of rotatable bonds is 6. The van der Waals surface area contributed by atoms with Crippen molar-refractivity contribution in [2.24, 2.45) is 10.7 Å². The van der Waals surface area contributed by atoms with Crippen LogP contribution in [0.4, 0.5) is 5.69 Å². The van der Waals surface area contributed by atoms with Crippen molar-refractivity contribution in [2.45, 2.75) is 25.7 Å². The Morgan fingerprint density at radius 1 is 1.40 bits per heavy atom. The van der Waals surface area contributed by atoms with E-state index in [1.54, 1.807) is 0 Å². The predicted molar refractivity (Wildman–Crippen MR) is 86.8 cm³/mol. The fourth-order valence-electron chi connectivity index (χ4n) is 2.63. The third kappa shape index (κ3) is 3.20. The molecular formula is C16H24N4. The number of aromatic nitrogens is 1. The van der Waals surface area contributed by atoms with Gasteiger partial charge in [-0.2, -0.15) is 0 Å². The second-order valence-corrected chi connectivity index (χ2v) is 5.45. The van der Waals surface area contributed by atoms with Crippen LogP contribution in [-0.4, -0.2) is 36.9 Å². The van der Waals surface area contributed by atoms with Crippen LogP contribution in [0.2, 0.25) is 0 Å². The normalized spacial score (nSPS) is 13.6. The Labute approximate surface area is 120 Å². The molecule has 0 amide bonds. The zero-order valence-electron chi connectivity index (χ0n) is 12.6. The molecule has 4 nitrogen and oxygen atoms in total. The fourth-order valence-corrected chi connectivity index (χ4v) is 2.63. The number of aliphatic imine (C=N–C) groups is 1. The molecule has 0 spiro atoms. The molecule has 0 fully saturated rings. The van der Waals surface area contributed by atoms with Crippen LogP contribution in [0.15, 0.2) is 29.4 Å². The third-order valence-corrected chi connectivity index (χ3v) is 3.78. The predicted octanol–water partition coefficient (Wildman–Crippen LogP) is 3.23. The molecule has 20 heavy (non-hydrogen) atoms. The SMILES string of the molecule is CCC(CCN(C)C)c1c[nH]c2ccc(N=CN)cc12. The molecule has 1 atom stereocenters. The lowest BCUT2D eigenvalue weighted by molar-refractivity contribution is 0.378. The van der Waals surface area contributed by atoms with Crippen molar-refractivity contribution in [1.29, 1.82) is 0 Å². The summed E-state index contributed by atoms with van der Waals surface area (Å²) in [6.45, 7) is 3.35. The molecule has 3 N–H and O–H groups in total. The van der Waals surface area contributed by atoms with Gasteiger partial charge in [0.05, 0.1) is 12.0 Å². The van der Waals surface area contributed by atoms with Crippen molar-refractivity contribution in [3.8, 4) is 0 Å². The second kappa shape index (κ2) is 6.57. The molecule has 108 valence electrons. The molecule has 0 aliphatic carbocycles. The smallest absolute Gasteiger partial charge is 0.0860 e. The molecule has 0 bridgehead atoms. The van der Waals surface area contributed by atoms with E-state index < -0.39 is 0 Å². The number of aromatic amines is 1. The van der Waals surface area contributed by atoms with Crippen molar-refractivity contribution >= 4 is 22.9 Å². The largest absolute Gasteiger partial charge is 0.390 e. The van der Waals surface area contributed by atoms with E-state index in [4.69, 9.17) is 5.73 Å². The Morgan fingerprint density at radius 2 is 2.20 bits per heavy atom. The Hall–Kier alpha value is -1.81. The maximum absolute atomic E-state index is 5.38. The van der Waals surface area contributed by atoms with E-state index >= 15 is 0 Å². The van der Waals surface area contributed by atoms with Crippen LogP contribution in [-0.2, 0) is 0 Å². The maximum Gasteiger partial charge on any atom is 0.0860 e. The summed E-state index contributed by atoms with van der Waals surface area (Å²) >= 11 is 0. The molecule has 0 saturated carbocycles. The first-order valence-corrected chi connectivity index (χ1v) is 7.15. The number of nitrogens with two attached hydrogens (primary N) is 1. The summed E-state index contributed by atoms with van der Waals surface area (Å²) < 4.78 is 0. The average Bonchev–Trinajstić information content (AvgIpc) is 2.83. The van der Waals surface area contributed by atoms with Crippen LogP contribution in [0, 0.1) is 0 Å². The molecule has 1 heterocycles. The summed E-state index contributed by atoms with van der Waals surface area (Å²) in [6.07, 6.45) is 5.80. The minimum Gasteiger partial charge on any atom is -0.390 e. The lowest BCUT2D eigenvalue weighted by Crippen LogP contribution is -2.15. The van der Waals surface area contributed by atoms with Gasteiger partial charge < -0.3 is 15.6 Å². The van der Waals surface area contributed by atoms with Gasteiger partial charge >= 0.3 is 0 Å². The molecule has 0 aliphatic heterocycles. The summed E-state index contributed by atoms with van der Waals surface area (Å²) in [6, 6.07) is 6.16. The van der Waals surface area contributed by atoms with Crippen LogP contribution in [0.25, 0.3) is 10.9 Å². The average molecular weight is 272 g/mol. The van der Waals surface area contributed by atoms with Crippen molar-refractivity contribution in [3.63, 3.8) is 0 Å². The minimum absolute atomic E-state index is 0.572. The maximum atomic E-state index is 5.38. The molecule has 0 saturated heterocycles. The number of nitrogens with one attached hydrogen (secondary N) is 1. The molecule has 2 rings (SSSR count). The molecule has 4 heteroatoms. The summed E-state index contributed by atoms with van der Waals surface area (Å²) in [5.74, 6) is 0.572. The lowest BCUT2D eigenvalue weighted by atomic mass is 9.92. The summed E-state index contributed by atoms with van der Waals surface area (Å²) in [7, 11) is 4.24. The first kappa shape index (κ1) is 14.6. The van der Waals surface area contributed by atoms with Gasteiger partial charge in [0.1, 0.15) is 0 Å². The monoisotopic (exact) mass is 272 g/mol. The van der Waals surface area contributed by atoms with E-state index in [1.165, 1.54) is 29.2 Å². The van der Waals surface area contributed by atoms with E-state index in [9.17, 15) is 0 Å². The Morgan fingerprint density at radius 3 is 2.85 bits per heavy atom. The Kier molecular flexibility index (Phi) is 4.79. The van der Waals surface area contributed by atoms with Crippen molar-refractivity contribution in [1.82, 2.24) is 9.88 Å². The minimum atomic E-state index is 0.572. The van der Waals surface area contributed by atoms with Crippen LogP contribution < -0.4 is 5.73 Å². The number of hydrogen-bond acceptors (Lipinski definition) is 2. The van der Waals surface area contributed by atoms with Gasteiger partial charge in [-0.05, 0) is 63.2 Å². The number of benzene rings is 1. The van der Waals surface area contributed by atoms with Gasteiger partial charge in [0.25, 0.3) is 0 Å². The van der Waals surface area contributed by atoms with Gasteiger partial charge in [-0.1, -0.05) is 6.92 Å². The fraction of sp³-hybridized carbons (Fsp3) is 0.438. The molecule has 1 unspecified atom stereocenters. The quantitative estimate of drug-likeness (QED) is 0.626.